The summed E-state index contributed by atoms with van der Waals surface area (Å²) in [4.78, 5) is 12.4. The van der Waals surface area contributed by atoms with Crippen molar-refractivity contribution in [2.75, 3.05) is 23.7 Å². The zero-order valence-electron chi connectivity index (χ0n) is 15.5. The third kappa shape index (κ3) is 5.87. The highest BCUT2D eigenvalue weighted by molar-refractivity contribution is 7.92. The van der Waals surface area contributed by atoms with E-state index < -0.39 is 22.0 Å². The third-order valence-electron chi connectivity index (χ3n) is 3.91. The molecule has 0 spiro atoms. The van der Waals surface area contributed by atoms with Gasteiger partial charge in [-0.3, -0.25) is 9.10 Å². The lowest BCUT2D eigenvalue weighted by Gasteiger charge is -2.28. The molecule has 0 aliphatic heterocycles. The molecular weight excluding hydrogens is 388 g/mol. The number of hydrogen-bond acceptors (Lipinski definition) is 4. The highest BCUT2D eigenvalue weighted by atomic mass is 35.5. The fourth-order valence-electron chi connectivity index (χ4n) is 2.54. The van der Waals surface area contributed by atoms with Crippen molar-refractivity contribution in [1.82, 2.24) is 5.32 Å². The minimum atomic E-state index is -3.62. The number of carbonyl (C=O) groups is 1. The summed E-state index contributed by atoms with van der Waals surface area (Å²) in [6, 6.07) is 13.0. The van der Waals surface area contributed by atoms with E-state index >= 15 is 0 Å². The van der Waals surface area contributed by atoms with Gasteiger partial charge in [0, 0.05) is 5.02 Å². The second kappa shape index (κ2) is 9.10. The maximum Gasteiger partial charge on any atom is 0.243 e. The zero-order valence-corrected chi connectivity index (χ0v) is 17.0. The average molecular weight is 411 g/mol. The highest BCUT2D eigenvalue weighted by Crippen LogP contribution is 2.22. The molecule has 2 aromatic carbocycles. The van der Waals surface area contributed by atoms with E-state index in [9.17, 15) is 13.2 Å². The number of anilines is 1. The van der Waals surface area contributed by atoms with E-state index in [-0.39, 0.29) is 13.2 Å². The molecule has 1 atom stereocenters. The zero-order chi connectivity index (χ0) is 20.0. The number of para-hydroxylation sites is 1. The molecule has 0 bridgehead atoms. The van der Waals surface area contributed by atoms with Gasteiger partial charge in [-0.05, 0) is 43.7 Å². The van der Waals surface area contributed by atoms with Crippen molar-refractivity contribution in [3.63, 3.8) is 0 Å². The Morgan fingerprint density at radius 3 is 2.48 bits per heavy atom. The minimum Gasteiger partial charge on any atom is -0.492 e. The molecule has 6 nitrogen and oxygen atoms in total. The molecule has 0 heterocycles. The van der Waals surface area contributed by atoms with Gasteiger partial charge < -0.3 is 10.1 Å². The predicted molar refractivity (Wildman–Crippen MR) is 108 cm³/mol. The Balaban J connectivity index is 1.94. The monoisotopic (exact) mass is 410 g/mol. The van der Waals surface area contributed by atoms with Crippen LogP contribution in [0.15, 0.2) is 48.5 Å². The van der Waals surface area contributed by atoms with Gasteiger partial charge in [-0.1, -0.05) is 35.9 Å². The van der Waals surface area contributed by atoms with Crippen molar-refractivity contribution < 1.29 is 17.9 Å². The summed E-state index contributed by atoms with van der Waals surface area (Å²) < 4.78 is 31.0. The lowest BCUT2D eigenvalue weighted by atomic mass is 10.2. The molecule has 0 aliphatic rings. The van der Waals surface area contributed by atoms with Crippen LogP contribution in [0.5, 0.6) is 5.75 Å². The summed E-state index contributed by atoms with van der Waals surface area (Å²) in [6.45, 7) is 3.92. The summed E-state index contributed by atoms with van der Waals surface area (Å²) >= 11 is 6.04. The first kappa shape index (κ1) is 21.1. The van der Waals surface area contributed by atoms with Crippen molar-refractivity contribution in [3.05, 3.63) is 59.1 Å². The van der Waals surface area contributed by atoms with Crippen LogP contribution in [-0.4, -0.2) is 39.8 Å². The maximum atomic E-state index is 12.4. The Hall–Kier alpha value is -2.25. The smallest absolute Gasteiger partial charge is 0.243 e. The van der Waals surface area contributed by atoms with Gasteiger partial charge in [0.2, 0.25) is 15.9 Å². The maximum absolute atomic E-state index is 12.4. The lowest BCUT2D eigenvalue weighted by molar-refractivity contribution is -0.121. The van der Waals surface area contributed by atoms with Gasteiger partial charge in [-0.2, -0.15) is 0 Å². The SMILES string of the molecule is Cc1ccc(OCCNC(=O)[C@@H](C)N(c2ccccc2)S(C)(=O)=O)cc1Cl. The first-order valence-corrected chi connectivity index (χ1v) is 10.6. The van der Waals surface area contributed by atoms with Crippen LogP contribution in [0.1, 0.15) is 12.5 Å². The number of hydrogen-bond donors (Lipinski definition) is 1. The van der Waals surface area contributed by atoms with E-state index in [0.717, 1.165) is 16.1 Å². The van der Waals surface area contributed by atoms with Crippen LogP contribution in [0.4, 0.5) is 5.69 Å². The van der Waals surface area contributed by atoms with Gasteiger partial charge in [0.05, 0.1) is 18.5 Å². The summed E-state index contributed by atoms with van der Waals surface area (Å²) in [5, 5.41) is 3.31. The summed E-state index contributed by atoms with van der Waals surface area (Å²) in [5.41, 5.74) is 1.39. The molecule has 0 aromatic heterocycles. The van der Waals surface area contributed by atoms with Gasteiger partial charge in [0.15, 0.2) is 0 Å². The van der Waals surface area contributed by atoms with Gasteiger partial charge in [-0.15, -0.1) is 0 Å². The molecule has 146 valence electrons. The van der Waals surface area contributed by atoms with Crippen LogP contribution in [0.3, 0.4) is 0 Å². The van der Waals surface area contributed by atoms with Gasteiger partial charge in [0.25, 0.3) is 0 Å². The number of amides is 1. The van der Waals surface area contributed by atoms with Crippen LogP contribution in [0.2, 0.25) is 5.02 Å². The molecule has 1 N–H and O–H groups in total. The normalized spacial score (nSPS) is 12.3. The molecule has 1 amide bonds. The number of halogens is 1. The second-order valence-corrected chi connectivity index (χ2v) is 8.39. The van der Waals surface area contributed by atoms with Crippen LogP contribution < -0.4 is 14.4 Å². The van der Waals surface area contributed by atoms with Crippen molar-refractivity contribution in [1.29, 1.82) is 0 Å². The largest absolute Gasteiger partial charge is 0.492 e. The van der Waals surface area contributed by atoms with Gasteiger partial charge in [0.1, 0.15) is 18.4 Å². The van der Waals surface area contributed by atoms with Crippen LogP contribution in [0, 0.1) is 6.92 Å². The first-order valence-electron chi connectivity index (χ1n) is 8.41. The summed E-state index contributed by atoms with van der Waals surface area (Å²) in [7, 11) is -3.62. The Kier molecular flexibility index (Phi) is 7.10. The van der Waals surface area contributed by atoms with E-state index in [4.69, 9.17) is 16.3 Å². The third-order valence-corrected chi connectivity index (χ3v) is 5.56. The summed E-state index contributed by atoms with van der Waals surface area (Å²) in [5.74, 6) is 0.199. The first-order chi connectivity index (χ1) is 12.7. The Bertz CT molecular complexity index is 888. The highest BCUT2D eigenvalue weighted by Gasteiger charge is 2.28. The fourth-order valence-corrected chi connectivity index (χ4v) is 3.88. The molecule has 2 aromatic rings. The average Bonchev–Trinajstić information content (AvgIpc) is 2.61. The quantitative estimate of drug-likeness (QED) is 0.679. The number of aryl methyl sites for hydroxylation is 1. The lowest BCUT2D eigenvalue weighted by Crippen LogP contribution is -2.48. The topological polar surface area (TPSA) is 75.7 Å². The molecule has 0 aliphatic carbocycles. The Labute approximate surface area is 165 Å². The van der Waals surface area contributed by atoms with Crippen LogP contribution in [-0.2, 0) is 14.8 Å². The number of ether oxygens (including phenoxy) is 1. The molecule has 0 fully saturated rings. The van der Waals surface area contributed by atoms with Crippen molar-refractivity contribution in [2.45, 2.75) is 19.9 Å². The van der Waals surface area contributed by atoms with Crippen molar-refractivity contribution in [3.8, 4) is 5.75 Å². The number of benzene rings is 2. The van der Waals surface area contributed by atoms with E-state index in [0.29, 0.717) is 16.5 Å². The molecule has 27 heavy (non-hydrogen) atoms. The molecule has 0 saturated carbocycles. The standard InChI is InChI=1S/C19H23ClN2O4S/c1-14-9-10-17(13-18(14)20)26-12-11-21-19(23)15(2)22(27(3,24)25)16-7-5-4-6-8-16/h4-10,13,15H,11-12H2,1-3H3,(H,21,23)/t15-/m1/s1. The van der Waals surface area contributed by atoms with E-state index in [1.54, 1.807) is 49.4 Å². The molecule has 0 saturated heterocycles. The van der Waals surface area contributed by atoms with Gasteiger partial charge >= 0.3 is 0 Å². The Morgan fingerprint density at radius 1 is 1.22 bits per heavy atom. The van der Waals surface area contributed by atoms with Crippen molar-refractivity contribution >= 4 is 33.2 Å². The minimum absolute atomic E-state index is 0.237. The van der Waals surface area contributed by atoms with Crippen LogP contribution in [0.25, 0.3) is 0 Å². The van der Waals surface area contributed by atoms with Crippen LogP contribution >= 0.6 is 11.6 Å². The van der Waals surface area contributed by atoms with E-state index in [1.165, 1.54) is 0 Å². The second-order valence-electron chi connectivity index (χ2n) is 6.12. The Morgan fingerprint density at radius 2 is 1.89 bits per heavy atom. The van der Waals surface area contributed by atoms with Crippen molar-refractivity contribution in [2.24, 2.45) is 0 Å². The number of carbonyl (C=O) groups excluding carboxylic acids is 1. The molecule has 8 heteroatoms. The number of sulfonamides is 1. The fraction of sp³-hybridized carbons (Fsp3) is 0.316. The predicted octanol–water partition coefficient (Wildman–Crippen LogP) is 3.00. The number of rotatable bonds is 8. The number of nitrogens with zero attached hydrogens (tertiary/aromatic N) is 1. The molecular formula is C19H23ClN2O4S. The summed E-state index contributed by atoms with van der Waals surface area (Å²) in [6.07, 6.45) is 1.08. The van der Waals surface area contributed by atoms with Gasteiger partial charge in [-0.25, -0.2) is 8.42 Å². The van der Waals surface area contributed by atoms with E-state index in [2.05, 4.69) is 5.32 Å². The molecule has 2 rings (SSSR count). The molecule has 0 radical (unpaired) electrons. The van der Waals surface area contributed by atoms with E-state index in [1.807, 2.05) is 13.0 Å². The number of nitrogens with one attached hydrogen (secondary N) is 1. The molecule has 0 unspecified atom stereocenters.